The Labute approximate surface area is 156 Å². The van der Waals surface area contributed by atoms with E-state index in [9.17, 15) is 20.1 Å². The van der Waals surface area contributed by atoms with Gasteiger partial charge in [0.1, 0.15) is 18.0 Å². The summed E-state index contributed by atoms with van der Waals surface area (Å²) in [4.78, 5) is 20.4. The van der Waals surface area contributed by atoms with Crippen LogP contribution in [0.1, 0.15) is 25.3 Å². The van der Waals surface area contributed by atoms with E-state index >= 15 is 0 Å². The smallest absolute Gasteiger partial charge is 0.503 e. The summed E-state index contributed by atoms with van der Waals surface area (Å²) in [6.45, 7) is 2.34. The first-order valence-electron chi connectivity index (χ1n) is 8.30. The molecule has 1 aliphatic carbocycles. The molecule has 4 atom stereocenters. The predicted molar refractivity (Wildman–Crippen MR) is 94.3 cm³/mol. The van der Waals surface area contributed by atoms with Crippen LogP contribution < -0.4 is 0 Å². The lowest BCUT2D eigenvalue weighted by molar-refractivity contribution is -0.170. The van der Waals surface area contributed by atoms with Gasteiger partial charge in [-0.1, -0.05) is 12.1 Å². The molecule has 1 aliphatic rings. The van der Waals surface area contributed by atoms with Crippen molar-refractivity contribution in [2.24, 2.45) is 0 Å². The fourth-order valence-corrected chi connectivity index (χ4v) is 2.58. The van der Waals surface area contributed by atoms with E-state index in [1.54, 1.807) is 18.2 Å². The molecule has 0 amide bonds. The van der Waals surface area contributed by atoms with Crippen LogP contribution in [0.25, 0.3) is 6.08 Å². The zero-order valence-corrected chi connectivity index (χ0v) is 14.8. The predicted octanol–water partition coefficient (Wildman–Crippen LogP) is 1.46. The van der Waals surface area contributed by atoms with Gasteiger partial charge in [0.25, 0.3) is 0 Å². The Bertz CT molecular complexity index is 622. The molecule has 5 N–H and O–H groups in total. The molecule has 1 fully saturated rings. The molecule has 0 spiro atoms. The van der Waals surface area contributed by atoms with Crippen LogP contribution in [0.2, 0.25) is 0 Å². The van der Waals surface area contributed by atoms with Gasteiger partial charge in [-0.25, -0.2) is 9.59 Å². The molecule has 1 saturated carbocycles. The zero-order valence-electron chi connectivity index (χ0n) is 14.8. The summed E-state index contributed by atoms with van der Waals surface area (Å²) in [5.74, 6) is -0.461. The van der Waals surface area contributed by atoms with E-state index in [2.05, 4.69) is 0 Å². The number of hydrogen-bond donors (Lipinski definition) is 5. The summed E-state index contributed by atoms with van der Waals surface area (Å²) in [5, 5.41) is 42.9. The number of hydrogen-bond acceptors (Lipinski definition) is 7. The number of esters is 1. The molecule has 9 heteroatoms. The van der Waals surface area contributed by atoms with Gasteiger partial charge in [0.15, 0.2) is 0 Å². The number of carbonyl (C=O) groups excluding carboxylic acids is 1. The normalized spacial score (nSPS) is 24.7. The van der Waals surface area contributed by atoms with Gasteiger partial charge < -0.3 is 35.0 Å². The minimum Gasteiger partial charge on any atom is -0.508 e. The van der Waals surface area contributed by atoms with Crippen molar-refractivity contribution < 1.29 is 44.6 Å². The number of aromatic hydroxyl groups is 1. The molecular formula is C18H24O9. The largest absolute Gasteiger partial charge is 0.508 e. The van der Waals surface area contributed by atoms with Gasteiger partial charge in [0.2, 0.25) is 0 Å². The molecule has 1 aromatic rings. The van der Waals surface area contributed by atoms with Gasteiger partial charge >= 0.3 is 12.1 Å². The fourth-order valence-electron chi connectivity index (χ4n) is 2.58. The van der Waals surface area contributed by atoms with Crippen LogP contribution in [0, 0.1) is 0 Å². The SMILES string of the molecule is CCO[C@H]1C[C@H](O)[C@@H](O)[C@H](OC(=O)/C=C/c2ccc(O)cc2)C1.O=C(O)O. The lowest BCUT2D eigenvalue weighted by atomic mass is 9.89. The third-order valence-corrected chi connectivity index (χ3v) is 3.75. The van der Waals surface area contributed by atoms with Crippen molar-refractivity contribution in [3.63, 3.8) is 0 Å². The Morgan fingerprint density at radius 2 is 1.74 bits per heavy atom. The number of benzene rings is 1. The van der Waals surface area contributed by atoms with Crippen molar-refractivity contribution in [2.75, 3.05) is 6.61 Å². The standard InChI is InChI=1S/C17H22O6.CH2O3/c1-2-22-13-9-14(19)17(21)15(10-13)23-16(20)8-5-11-3-6-12(18)7-4-11;2-1(3)4/h3-8,13-15,17-19,21H,2,9-10H2,1H3;(H2,2,3,4)/b8-5+;/t13-,14-,15+,17+;/m0./s1. The molecule has 0 unspecified atom stereocenters. The average molecular weight is 384 g/mol. The first-order valence-corrected chi connectivity index (χ1v) is 8.30. The topological polar surface area (TPSA) is 154 Å². The minimum absolute atomic E-state index is 0.144. The number of ether oxygens (including phenoxy) is 2. The first-order chi connectivity index (χ1) is 12.7. The second-order valence-electron chi connectivity index (χ2n) is 5.79. The Hall–Kier alpha value is -2.62. The molecule has 27 heavy (non-hydrogen) atoms. The second-order valence-corrected chi connectivity index (χ2v) is 5.79. The molecular weight excluding hydrogens is 360 g/mol. The number of phenols is 1. The Morgan fingerprint density at radius 3 is 2.30 bits per heavy atom. The van der Waals surface area contributed by atoms with Crippen molar-refractivity contribution in [3.8, 4) is 5.75 Å². The number of aliphatic hydroxyl groups excluding tert-OH is 2. The highest BCUT2D eigenvalue weighted by Crippen LogP contribution is 2.25. The van der Waals surface area contributed by atoms with Crippen LogP contribution in [0.5, 0.6) is 5.75 Å². The maximum absolute atomic E-state index is 11.9. The van der Waals surface area contributed by atoms with E-state index in [0.29, 0.717) is 19.4 Å². The Balaban J connectivity index is 0.000000828. The molecule has 0 radical (unpaired) electrons. The maximum Gasteiger partial charge on any atom is 0.503 e. The highest BCUT2D eigenvalue weighted by atomic mass is 16.6. The van der Waals surface area contributed by atoms with Gasteiger partial charge in [-0.15, -0.1) is 0 Å². The van der Waals surface area contributed by atoms with Gasteiger partial charge in [-0.3, -0.25) is 0 Å². The highest BCUT2D eigenvalue weighted by Gasteiger charge is 2.38. The summed E-state index contributed by atoms with van der Waals surface area (Å²) >= 11 is 0. The van der Waals surface area contributed by atoms with Gasteiger partial charge in [-0.2, -0.15) is 0 Å². The number of aliphatic hydroxyl groups is 2. The number of carboxylic acid groups (broad SMARTS) is 2. The molecule has 0 aromatic heterocycles. The van der Waals surface area contributed by atoms with Crippen LogP contribution in [0.4, 0.5) is 4.79 Å². The minimum atomic E-state index is -1.83. The van der Waals surface area contributed by atoms with E-state index in [-0.39, 0.29) is 11.9 Å². The monoisotopic (exact) mass is 384 g/mol. The highest BCUT2D eigenvalue weighted by molar-refractivity contribution is 5.87. The Kier molecular flexibility index (Phi) is 9.27. The second kappa shape index (κ2) is 11.2. The summed E-state index contributed by atoms with van der Waals surface area (Å²) in [6, 6.07) is 6.34. The molecule has 2 rings (SSSR count). The first kappa shape index (κ1) is 22.4. The molecule has 0 aliphatic heterocycles. The van der Waals surface area contributed by atoms with Crippen molar-refractivity contribution in [1.82, 2.24) is 0 Å². The van der Waals surface area contributed by atoms with Crippen LogP contribution in [-0.2, 0) is 14.3 Å². The summed E-state index contributed by atoms with van der Waals surface area (Å²) in [7, 11) is 0. The van der Waals surface area contributed by atoms with Gasteiger partial charge in [0, 0.05) is 25.5 Å². The Morgan fingerprint density at radius 1 is 1.15 bits per heavy atom. The lowest BCUT2D eigenvalue weighted by Crippen LogP contribution is -2.48. The van der Waals surface area contributed by atoms with Gasteiger partial charge in [-0.05, 0) is 30.7 Å². The molecule has 0 heterocycles. The van der Waals surface area contributed by atoms with Crippen molar-refractivity contribution in [3.05, 3.63) is 35.9 Å². The average Bonchev–Trinajstić information content (AvgIpc) is 2.58. The summed E-state index contributed by atoms with van der Waals surface area (Å²) in [5.41, 5.74) is 0.733. The molecule has 1 aromatic carbocycles. The third kappa shape index (κ3) is 8.54. The van der Waals surface area contributed by atoms with Crippen LogP contribution in [0.15, 0.2) is 30.3 Å². The van der Waals surface area contributed by atoms with Crippen LogP contribution in [-0.4, -0.2) is 68.7 Å². The molecule has 150 valence electrons. The van der Waals surface area contributed by atoms with E-state index < -0.39 is 30.4 Å². The van der Waals surface area contributed by atoms with E-state index in [1.807, 2.05) is 6.92 Å². The third-order valence-electron chi connectivity index (χ3n) is 3.75. The molecule has 0 saturated heterocycles. The van der Waals surface area contributed by atoms with Gasteiger partial charge in [0.05, 0.1) is 12.2 Å². The van der Waals surface area contributed by atoms with Crippen molar-refractivity contribution in [2.45, 2.75) is 44.2 Å². The zero-order chi connectivity index (χ0) is 20.4. The van der Waals surface area contributed by atoms with E-state index in [0.717, 1.165) is 5.56 Å². The van der Waals surface area contributed by atoms with Crippen LogP contribution >= 0.6 is 0 Å². The molecule has 9 nitrogen and oxygen atoms in total. The summed E-state index contributed by atoms with van der Waals surface area (Å²) in [6.07, 6.45) is -1.48. The molecule has 0 bridgehead atoms. The van der Waals surface area contributed by atoms with E-state index in [1.165, 1.54) is 18.2 Å². The van der Waals surface area contributed by atoms with Crippen molar-refractivity contribution in [1.29, 1.82) is 0 Å². The number of carbonyl (C=O) groups is 2. The quantitative estimate of drug-likeness (QED) is 0.375. The number of phenolic OH excluding ortho intramolecular Hbond substituents is 1. The fraction of sp³-hybridized carbons (Fsp3) is 0.444. The number of rotatable bonds is 5. The summed E-state index contributed by atoms with van der Waals surface area (Å²) < 4.78 is 10.7. The maximum atomic E-state index is 11.9. The van der Waals surface area contributed by atoms with E-state index in [4.69, 9.17) is 24.5 Å². The van der Waals surface area contributed by atoms with Crippen LogP contribution in [0.3, 0.4) is 0 Å². The lowest BCUT2D eigenvalue weighted by Gasteiger charge is -2.35. The van der Waals surface area contributed by atoms with Crippen molar-refractivity contribution >= 4 is 18.2 Å².